The van der Waals surface area contributed by atoms with Gasteiger partial charge in [0.2, 0.25) is 0 Å². The van der Waals surface area contributed by atoms with Crippen LogP contribution in [-0.4, -0.2) is 21.3 Å². The Morgan fingerprint density at radius 2 is 2.12 bits per heavy atom. The molecule has 0 aliphatic rings. The third-order valence-electron chi connectivity index (χ3n) is 2.26. The molecule has 2 N–H and O–H groups in total. The highest BCUT2D eigenvalue weighted by molar-refractivity contribution is 7.85. The summed E-state index contributed by atoms with van der Waals surface area (Å²) >= 11 is 0. The summed E-state index contributed by atoms with van der Waals surface area (Å²) in [6.07, 6.45) is 1.42. The highest BCUT2D eigenvalue weighted by Crippen LogP contribution is 2.19. The zero-order valence-corrected chi connectivity index (χ0v) is 10.5. The normalized spacial score (nSPS) is 11.1. The van der Waals surface area contributed by atoms with Crippen LogP contribution in [0.3, 0.4) is 0 Å². The summed E-state index contributed by atoms with van der Waals surface area (Å²) in [4.78, 5) is 0. The number of anilines is 1. The van der Waals surface area contributed by atoms with Gasteiger partial charge in [0.25, 0.3) is 10.1 Å². The van der Waals surface area contributed by atoms with E-state index in [2.05, 4.69) is 4.18 Å². The van der Waals surface area contributed by atoms with Crippen molar-refractivity contribution in [2.75, 3.05) is 18.6 Å². The summed E-state index contributed by atoms with van der Waals surface area (Å²) in [5, 5.41) is 8.86. The molecule has 0 unspecified atom stereocenters. The Morgan fingerprint density at radius 3 is 2.65 bits per heavy atom. The molecule has 0 heterocycles. The second kappa shape index (κ2) is 5.17. The summed E-state index contributed by atoms with van der Waals surface area (Å²) < 4.78 is 26.2. The third-order valence-corrected chi connectivity index (χ3v) is 2.85. The number of aryl methyl sites for hydroxylation is 1. The Morgan fingerprint density at radius 1 is 1.47 bits per heavy atom. The van der Waals surface area contributed by atoms with Crippen molar-refractivity contribution in [2.24, 2.45) is 0 Å². The van der Waals surface area contributed by atoms with Crippen molar-refractivity contribution in [2.45, 2.75) is 13.3 Å². The van der Waals surface area contributed by atoms with Gasteiger partial charge in [0.1, 0.15) is 6.07 Å². The molecule has 0 bridgehead atoms. The Hall–Kier alpha value is -1.58. The highest BCUT2D eigenvalue weighted by atomic mass is 32.2. The molecule has 0 atom stereocenters. The van der Waals surface area contributed by atoms with E-state index < -0.39 is 10.1 Å². The molecule has 1 rings (SSSR count). The van der Waals surface area contributed by atoms with E-state index >= 15 is 0 Å². The Balaban J connectivity index is 2.80. The molecule has 0 fully saturated rings. The summed E-state index contributed by atoms with van der Waals surface area (Å²) in [7, 11) is -3.42. The molecule has 6 heteroatoms. The van der Waals surface area contributed by atoms with Crippen molar-refractivity contribution in [1.29, 1.82) is 5.26 Å². The lowest BCUT2D eigenvalue weighted by atomic mass is 10.0. The van der Waals surface area contributed by atoms with Gasteiger partial charge in [-0.3, -0.25) is 4.18 Å². The number of nitrogen functional groups attached to an aromatic ring is 1. The minimum absolute atomic E-state index is 0.0626. The lowest BCUT2D eigenvalue weighted by Crippen LogP contribution is -2.07. The molecule has 17 heavy (non-hydrogen) atoms. The molecule has 0 aliphatic heterocycles. The van der Waals surface area contributed by atoms with Crippen LogP contribution in [0.2, 0.25) is 0 Å². The number of benzene rings is 1. The van der Waals surface area contributed by atoms with Gasteiger partial charge in [0.15, 0.2) is 0 Å². The molecular weight excluding hydrogens is 240 g/mol. The van der Waals surface area contributed by atoms with Gasteiger partial charge >= 0.3 is 0 Å². The first-order valence-electron chi connectivity index (χ1n) is 4.97. The van der Waals surface area contributed by atoms with Crippen molar-refractivity contribution in [3.8, 4) is 6.07 Å². The molecule has 0 saturated heterocycles. The standard InChI is InChI=1S/C11H14N2O3S/c1-8-5-9(3-4-16-17(2,14)15)6-10(7-12)11(8)13/h5-6H,3-4,13H2,1-2H3. The van der Waals surface area contributed by atoms with Crippen molar-refractivity contribution in [3.63, 3.8) is 0 Å². The average Bonchev–Trinajstić information content (AvgIpc) is 2.21. The zero-order chi connectivity index (χ0) is 13.1. The van der Waals surface area contributed by atoms with Crippen LogP contribution in [0.4, 0.5) is 5.69 Å². The van der Waals surface area contributed by atoms with Crippen molar-refractivity contribution in [3.05, 3.63) is 28.8 Å². The molecule has 0 radical (unpaired) electrons. The van der Waals surface area contributed by atoms with Crippen LogP contribution in [-0.2, 0) is 20.7 Å². The Kier molecular flexibility index (Phi) is 4.10. The van der Waals surface area contributed by atoms with E-state index in [0.717, 1.165) is 17.4 Å². The summed E-state index contributed by atoms with van der Waals surface area (Å²) in [5.41, 5.74) is 8.21. The van der Waals surface area contributed by atoms with Crippen molar-refractivity contribution < 1.29 is 12.6 Å². The van der Waals surface area contributed by atoms with Crippen molar-refractivity contribution >= 4 is 15.8 Å². The molecular formula is C11H14N2O3S. The second-order valence-electron chi connectivity index (χ2n) is 3.76. The number of nitrogens with zero attached hydrogens (tertiary/aromatic N) is 1. The molecule has 92 valence electrons. The van der Waals surface area contributed by atoms with Gasteiger partial charge in [-0.15, -0.1) is 0 Å². The SMILES string of the molecule is Cc1cc(CCOS(C)(=O)=O)cc(C#N)c1N. The van der Waals surface area contributed by atoms with E-state index in [0.29, 0.717) is 17.7 Å². The Bertz CT molecular complexity index is 559. The number of nitrogens with two attached hydrogens (primary N) is 1. The van der Waals surface area contributed by atoms with Gasteiger partial charge in [-0.05, 0) is 30.5 Å². The van der Waals surface area contributed by atoms with E-state index in [1.165, 1.54) is 0 Å². The average molecular weight is 254 g/mol. The zero-order valence-electron chi connectivity index (χ0n) is 9.73. The van der Waals surface area contributed by atoms with Gasteiger partial charge in [-0.2, -0.15) is 13.7 Å². The highest BCUT2D eigenvalue weighted by Gasteiger charge is 2.06. The fourth-order valence-electron chi connectivity index (χ4n) is 1.42. The molecule has 0 saturated carbocycles. The third kappa shape index (κ3) is 4.06. The quantitative estimate of drug-likeness (QED) is 0.638. The van der Waals surface area contributed by atoms with Crippen molar-refractivity contribution in [1.82, 2.24) is 0 Å². The summed E-state index contributed by atoms with van der Waals surface area (Å²) in [6.45, 7) is 1.87. The fraction of sp³-hybridized carbons (Fsp3) is 0.364. The van der Waals surface area contributed by atoms with Gasteiger partial charge in [0.05, 0.1) is 24.1 Å². The molecule has 0 aliphatic carbocycles. The maximum absolute atomic E-state index is 10.8. The maximum atomic E-state index is 10.8. The minimum Gasteiger partial charge on any atom is -0.397 e. The second-order valence-corrected chi connectivity index (χ2v) is 5.41. The maximum Gasteiger partial charge on any atom is 0.264 e. The first kappa shape index (κ1) is 13.5. The Labute approximate surface area is 101 Å². The van der Waals surface area contributed by atoms with E-state index in [4.69, 9.17) is 11.0 Å². The first-order valence-corrected chi connectivity index (χ1v) is 6.78. The van der Waals surface area contributed by atoms with Gasteiger partial charge in [-0.1, -0.05) is 6.07 Å². The summed E-state index contributed by atoms with van der Waals surface area (Å²) in [5.74, 6) is 0. The number of hydrogen-bond acceptors (Lipinski definition) is 5. The first-order chi connectivity index (χ1) is 7.83. The fourth-order valence-corrected chi connectivity index (χ4v) is 1.81. The molecule has 0 aromatic heterocycles. The van der Waals surface area contributed by atoms with Crippen LogP contribution in [0, 0.1) is 18.3 Å². The van der Waals surface area contributed by atoms with E-state index in [1.807, 2.05) is 12.1 Å². The van der Waals surface area contributed by atoms with E-state index in [9.17, 15) is 8.42 Å². The van der Waals surface area contributed by atoms with E-state index in [1.54, 1.807) is 13.0 Å². The molecule has 0 amide bonds. The molecule has 1 aromatic carbocycles. The van der Waals surface area contributed by atoms with Gasteiger partial charge in [0, 0.05) is 0 Å². The summed E-state index contributed by atoms with van der Waals surface area (Å²) in [6, 6.07) is 5.47. The number of nitriles is 1. The van der Waals surface area contributed by atoms with Crippen LogP contribution in [0.15, 0.2) is 12.1 Å². The van der Waals surface area contributed by atoms with Gasteiger partial charge < -0.3 is 5.73 Å². The number of rotatable bonds is 4. The monoisotopic (exact) mass is 254 g/mol. The van der Waals surface area contributed by atoms with Crippen LogP contribution < -0.4 is 5.73 Å². The number of hydrogen-bond donors (Lipinski definition) is 1. The minimum atomic E-state index is -3.42. The lowest BCUT2D eigenvalue weighted by molar-refractivity contribution is 0.326. The van der Waals surface area contributed by atoms with Gasteiger partial charge in [-0.25, -0.2) is 0 Å². The lowest BCUT2D eigenvalue weighted by Gasteiger charge is -2.07. The van der Waals surface area contributed by atoms with E-state index in [-0.39, 0.29) is 6.61 Å². The van der Waals surface area contributed by atoms with Crippen LogP contribution in [0.5, 0.6) is 0 Å². The van der Waals surface area contributed by atoms with Crippen LogP contribution in [0.1, 0.15) is 16.7 Å². The van der Waals surface area contributed by atoms with Crippen LogP contribution >= 0.6 is 0 Å². The predicted molar refractivity (Wildman–Crippen MR) is 64.8 cm³/mol. The molecule has 5 nitrogen and oxygen atoms in total. The largest absolute Gasteiger partial charge is 0.397 e. The topological polar surface area (TPSA) is 93.2 Å². The van der Waals surface area contributed by atoms with Crippen LogP contribution in [0.25, 0.3) is 0 Å². The smallest absolute Gasteiger partial charge is 0.264 e. The molecule has 1 aromatic rings. The molecule has 0 spiro atoms. The predicted octanol–water partition coefficient (Wildman–Crippen LogP) is 0.968.